The van der Waals surface area contributed by atoms with Crippen molar-refractivity contribution in [2.24, 2.45) is 5.92 Å². The highest BCUT2D eigenvalue weighted by molar-refractivity contribution is 5.87. The maximum atomic E-state index is 12.3. The van der Waals surface area contributed by atoms with Gasteiger partial charge in [-0.1, -0.05) is 51.1 Å². The summed E-state index contributed by atoms with van der Waals surface area (Å²) in [7, 11) is 0. The second-order valence-electron chi connectivity index (χ2n) is 7.34. The molecular formula is C20H30N2O4. The van der Waals surface area contributed by atoms with Crippen LogP contribution in [0.15, 0.2) is 30.3 Å². The summed E-state index contributed by atoms with van der Waals surface area (Å²) in [6.45, 7) is 9.02. The molecule has 1 rings (SSSR count). The van der Waals surface area contributed by atoms with E-state index < -0.39 is 12.0 Å². The van der Waals surface area contributed by atoms with Crippen LogP contribution in [0.3, 0.4) is 0 Å². The van der Waals surface area contributed by atoms with Crippen LogP contribution in [-0.2, 0) is 25.5 Å². The fourth-order valence-electron chi connectivity index (χ4n) is 2.23. The summed E-state index contributed by atoms with van der Waals surface area (Å²) in [5.74, 6) is -1.38. The van der Waals surface area contributed by atoms with Crippen LogP contribution in [0.2, 0.25) is 0 Å². The van der Waals surface area contributed by atoms with Gasteiger partial charge in [0.1, 0.15) is 6.04 Å². The Bertz CT molecular complexity index is 611. The van der Waals surface area contributed by atoms with Crippen LogP contribution in [0.25, 0.3) is 0 Å². The third kappa shape index (κ3) is 7.68. The van der Waals surface area contributed by atoms with Gasteiger partial charge in [-0.25, -0.2) is 4.79 Å². The van der Waals surface area contributed by atoms with Gasteiger partial charge < -0.3 is 15.4 Å². The molecule has 0 heterocycles. The van der Waals surface area contributed by atoms with Crippen molar-refractivity contribution < 1.29 is 19.1 Å². The number of esters is 1. The first-order valence-corrected chi connectivity index (χ1v) is 8.95. The number of benzene rings is 1. The number of amides is 2. The second kappa shape index (κ2) is 9.94. The molecule has 0 spiro atoms. The van der Waals surface area contributed by atoms with Gasteiger partial charge in [-0.3, -0.25) is 9.59 Å². The first-order chi connectivity index (χ1) is 12.1. The minimum Gasteiger partial charge on any atom is -0.454 e. The Morgan fingerprint density at radius 2 is 1.69 bits per heavy atom. The third-order valence-electron chi connectivity index (χ3n) is 4.15. The molecule has 0 unspecified atom stereocenters. The van der Waals surface area contributed by atoms with Crippen molar-refractivity contribution in [2.75, 3.05) is 6.61 Å². The zero-order chi connectivity index (χ0) is 19.7. The number of nitrogens with one attached hydrogen (secondary N) is 2. The lowest BCUT2D eigenvalue weighted by molar-refractivity contribution is -0.153. The van der Waals surface area contributed by atoms with Gasteiger partial charge in [-0.15, -0.1) is 0 Å². The first kappa shape index (κ1) is 21.7. The molecule has 0 aliphatic heterocycles. The summed E-state index contributed by atoms with van der Waals surface area (Å²) in [5.41, 5.74) is 0.507. The van der Waals surface area contributed by atoms with Crippen molar-refractivity contribution in [3.63, 3.8) is 0 Å². The van der Waals surface area contributed by atoms with Gasteiger partial charge in [0.15, 0.2) is 6.61 Å². The average molecular weight is 362 g/mol. The van der Waals surface area contributed by atoms with E-state index >= 15 is 0 Å². The maximum absolute atomic E-state index is 12.3. The largest absolute Gasteiger partial charge is 0.454 e. The van der Waals surface area contributed by atoms with E-state index in [1.165, 1.54) is 0 Å². The van der Waals surface area contributed by atoms with Gasteiger partial charge in [0.25, 0.3) is 5.91 Å². The van der Waals surface area contributed by atoms with Crippen LogP contribution in [0.5, 0.6) is 0 Å². The van der Waals surface area contributed by atoms with Crippen LogP contribution in [0, 0.1) is 5.92 Å². The number of hydrogen-bond donors (Lipinski definition) is 2. The molecule has 0 aromatic heterocycles. The molecule has 0 bridgehead atoms. The number of carbonyl (C=O) groups excluding carboxylic acids is 3. The molecule has 0 fully saturated rings. The zero-order valence-corrected chi connectivity index (χ0v) is 16.3. The van der Waals surface area contributed by atoms with Crippen molar-refractivity contribution in [1.82, 2.24) is 10.6 Å². The second-order valence-corrected chi connectivity index (χ2v) is 7.34. The number of ether oxygens (including phenoxy) is 1. The third-order valence-corrected chi connectivity index (χ3v) is 4.15. The smallest absolute Gasteiger partial charge is 0.329 e. The van der Waals surface area contributed by atoms with E-state index in [1.807, 2.05) is 65.0 Å². The SMILES string of the molecule is CCC(C)(C)NC(=O)COC(=O)[C@@H](NC(=O)Cc1ccccc1)C(C)C. The summed E-state index contributed by atoms with van der Waals surface area (Å²) in [6, 6.07) is 8.49. The van der Waals surface area contributed by atoms with Crippen LogP contribution >= 0.6 is 0 Å². The molecule has 0 radical (unpaired) electrons. The van der Waals surface area contributed by atoms with Gasteiger partial charge in [-0.05, 0) is 31.7 Å². The highest BCUT2D eigenvalue weighted by atomic mass is 16.5. The Balaban J connectivity index is 2.56. The molecule has 6 heteroatoms. The normalized spacial score (nSPS) is 12.4. The lowest BCUT2D eigenvalue weighted by Crippen LogP contribution is -2.48. The van der Waals surface area contributed by atoms with E-state index in [9.17, 15) is 14.4 Å². The van der Waals surface area contributed by atoms with Crippen LogP contribution in [0.4, 0.5) is 0 Å². The van der Waals surface area contributed by atoms with Crippen molar-refractivity contribution in [1.29, 1.82) is 0 Å². The monoisotopic (exact) mass is 362 g/mol. The predicted molar refractivity (Wildman–Crippen MR) is 100 cm³/mol. The molecule has 1 aromatic carbocycles. The van der Waals surface area contributed by atoms with Gasteiger partial charge >= 0.3 is 5.97 Å². The van der Waals surface area contributed by atoms with Gasteiger partial charge in [0.05, 0.1) is 6.42 Å². The lowest BCUT2D eigenvalue weighted by atomic mass is 10.0. The Morgan fingerprint density at radius 3 is 2.23 bits per heavy atom. The lowest BCUT2D eigenvalue weighted by Gasteiger charge is -2.25. The number of hydrogen-bond acceptors (Lipinski definition) is 4. The van der Waals surface area contributed by atoms with Gasteiger partial charge in [0.2, 0.25) is 5.91 Å². The quantitative estimate of drug-likeness (QED) is 0.660. The zero-order valence-electron chi connectivity index (χ0n) is 16.3. The predicted octanol–water partition coefficient (Wildman–Crippen LogP) is 2.22. The molecule has 0 aliphatic rings. The van der Waals surface area contributed by atoms with Crippen molar-refractivity contribution in [3.8, 4) is 0 Å². The Kier molecular flexibility index (Phi) is 8.29. The topological polar surface area (TPSA) is 84.5 Å². The van der Waals surface area contributed by atoms with Gasteiger partial charge in [-0.2, -0.15) is 0 Å². The summed E-state index contributed by atoms with van der Waals surface area (Å²) in [4.78, 5) is 36.4. The summed E-state index contributed by atoms with van der Waals surface area (Å²) >= 11 is 0. The maximum Gasteiger partial charge on any atom is 0.329 e. The van der Waals surface area contributed by atoms with E-state index in [-0.39, 0.29) is 36.3 Å². The van der Waals surface area contributed by atoms with E-state index in [2.05, 4.69) is 10.6 Å². The Labute approximate surface area is 155 Å². The minimum absolute atomic E-state index is 0.155. The molecule has 0 aliphatic carbocycles. The molecule has 0 saturated carbocycles. The molecule has 6 nitrogen and oxygen atoms in total. The summed E-state index contributed by atoms with van der Waals surface area (Å²) < 4.78 is 5.10. The molecule has 144 valence electrons. The minimum atomic E-state index is -0.793. The molecular weight excluding hydrogens is 332 g/mol. The van der Waals surface area contributed by atoms with E-state index in [0.717, 1.165) is 12.0 Å². The molecule has 2 N–H and O–H groups in total. The standard InChI is InChI=1S/C20H30N2O4/c1-6-20(4,5)22-17(24)13-26-19(25)18(14(2)3)21-16(23)12-15-10-8-7-9-11-15/h7-11,14,18H,6,12-13H2,1-5H3,(H,21,23)(H,22,24)/t18-/m0/s1. The molecule has 26 heavy (non-hydrogen) atoms. The van der Waals surface area contributed by atoms with E-state index in [0.29, 0.717) is 0 Å². The number of carbonyl (C=O) groups is 3. The summed E-state index contributed by atoms with van der Waals surface area (Å²) in [5, 5.41) is 5.50. The molecule has 1 atom stereocenters. The van der Waals surface area contributed by atoms with Crippen molar-refractivity contribution in [3.05, 3.63) is 35.9 Å². The number of rotatable bonds is 9. The van der Waals surface area contributed by atoms with Crippen LogP contribution in [0.1, 0.15) is 46.6 Å². The molecule has 1 aromatic rings. The summed E-state index contributed by atoms with van der Waals surface area (Å²) in [6.07, 6.45) is 0.944. The van der Waals surface area contributed by atoms with Crippen LogP contribution in [-0.4, -0.2) is 36.0 Å². The highest BCUT2D eigenvalue weighted by Gasteiger charge is 2.27. The van der Waals surface area contributed by atoms with Gasteiger partial charge in [0, 0.05) is 5.54 Å². The first-order valence-electron chi connectivity index (χ1n) is 8.95. The van der Waals surface area contributed by atoms with Crippen LogP contribution < -0.4 is 10.6 Å². The molecule has 0 saturated heterocycles. The fourth-order valence-corrected chi connectivity index (χ4v) is 2.23. The van der Waals surface area contributed by atoms with E-state index in [4.69, 9.17) is 4.74 Å². The Morgan fingerprint density at radius 1 is 1.08 bits per heavy atom. The highest BCUT2D eigenvalue weighted by Crippen LogP contribution is 2.08. The average Bonchev–Trinajstić information content (AvgIpc) is 2.58. The Hall–Kier alpha value is -2.37. The van der Waals surface area contributed by atoms with Crippen molar-refractivity contribution in [2.45, 2.75) is 59.0 Å². The molecule has 2 amide bonds. The van der Waals surface area contributed by atoms with E-state index in [1.54, 1.807) is 0 Å². The fraction of sp³-hybridized carbons (Fsp3) is 0.550. The van der Waals surface area contributed by atoms with Crippen molar-refractivity contribution >= 4 is 17.8 Å².